The van der Waals surface area contributed by atoms with Crippen LogP contribution >= 0.6 is 0 Å². The van der Waals surface area contributed by atoms with Gasteiger partial charge in [0.15, 0.2) is 0 Å². The Labute approximate surface area is 104 Å². The van der Waals surface area contributed by atoms with Crippen LogP contribution in [0.25, 0.3) is 0 Å². The molecule has 1 heterocycles. The molecule has 94 valence electrons. The molecule has 1 aromatic rings. The summed E-state index contributed by atoms with van der Waals surface area (Å²) in [5, 5.41) is 0. The fourth-order valence-electron chi connectivity index (χ4n) is 1.45. The van der Waals surface area contributed by atoms with Gasteiger partial charge in [-0.3, -0.25) is 4.79 Å². The molecule has 1 aliphatic rings. The number of ketones is 1. The molecule has 0 radical (unpaired) electrons. The Morgan fingerprint density at radius 1 is 1.33 bits per heavy atom. The highest BCUT2D eigenvalue weighted by Crippen LogP contribution is 2.26. The molecule has 0 saturated carbocycles. The van der Waals surface area contributed by atoms with Gasteiger partial charge in [-0.2, -0.15) is 0 Å². The molecule has 1 aromatic carbocycles. The van der Waals surface area contributed by atoms with Crippen LogP contribution in [-0.2, 0) is 9.47 Å². The van der Waals surface area contributed by atoms with Gasteiger partial charge in [0.2, 0.25) is 5.78 Å². The largest absolute Gasteiger partial charge is 0.515 e. The second-order valence-corrected chi connectivity index (χ2v) is 4.32. The lowest BCUT2D eigenvalue weighted by molar-refractivity contribution is 0.0802. The molecule has 2 rings (SSSR count). The van der Waals surface area contributed by atoms with Crippen LogP contribution < -0.4 is 0 Å². The van der Waals surface area contributed by atoms with E-state index in [1.807, 2.05) is 13.8 Å². The van der Waals surface area contributed by atoms with Crippen LogP contribution in [0.4, 0.5) is 10.5 Å². The van der Waals surface area contributed by atoms with Crippen LogP contribution in [0, 0.1) is 5.92 Å². The highest BCUT2D eigenvalue weighted by Gasteiger charge is 2.28. The van der Waals surface area contributed by atoms with Crippen LogP contribution in [0.1, 0.15) is 24.2 Å². The first-order valence-corrected chi connectivity index (χ1v) is 5.65. The first kappa shape index (κ1) is 12.3. The predicted molar refractivity (Wildman–Crippen MR) is 65.1 cm³/mol. The van der Waals surface area contributed by atoms with Crippen molar-refractivity contribution in [3.63, 3.8) is 0 Å². The van der Waals surface area contributed by atoms with Crippen molar-refractivity contribution in [3.05, 3.63) is 29.8 Å². The van der Waals surface area contributed by atoms with E-state index in [0.717, 1.165) is 0 Å². The molecule has 18 heavy (non-hydrogen) atoms. The quantitative estimate of drug-likeness (QED) is 0.754. The highest BCUT2D eigenvalue weighted by molar-refractivity contribution is 6.47. The summed E-state index contributed by atoms with van der Waals surface area (Å²) in [7, 11) is 0. The van der Waals surface area contributed by atoms with Crippen LogP contribution in [0.2, 0.25) is 0 Å². The Kier molecular flexibility index (Phi) is 3.41. The number of aliphatic imine (C=N–C) groups is 1. The Balaban J connectivity index is 2.01. The number of fused-ring (bicyclic) bond motifs is 1. The van der Waals surface area contributed by atoms with E-state index in [2.05, 4.69) is 4.99 Å². The van der Waals surface area contributed by atoms with Gasteiger partial charge in [-0.25, -0.2) is 9.79 Å². The van der Waals surface area contributed by atoms with E-state index in [0.29, 0.717) is 11.3 Å². The number of nitrogens with zero attached hydrogens (tertiary/aromatic N) is 1. The van der Waals surface area contributed by atoms with E-state index in [1.165, 1.54) is 0 Å². The van der Waals surface area contributed by atoms with E-state index in [4.69, 9.17) is 9.47 Å². The lowest BCUT2D eigenvalue weighted by Crippen LogP contribution is -2.20. The molecule has 0 atom stereocenters. The molecule has 5 heteroatoms. The fraction of sp³-hybridized carbons (Fsp3) is 0.308. The monoisotopic (exact) mass is 247 g/mol. The van der Waals surface area contributed by atoms with Crippen molar-refractivity contribution in [2.24, 2.45) is 10.9 Å². The zero-order valence-electron chi connectivity index (χ0n) is 10.2. The van der Waals surface area contributed by atoms with Crippen LogP contribution in [0.3, 0.4) is 0 Å². The molecular weight excluding hydrogens is 234 g/mol. The summed E-state index contributed by atoms with van der Waals surface area (Å²) >= 11 is 0. The molecule has 0 N–H and O–H groups in total. The third kappa shape index (κ3) is 2.56. The van der Waals surface area contributed by atoms with Crippen LogP contribution in [0.15, 0.2) is 29.3 Å². The molecule has 1 aliphatic heterocycles. The Morgan fingerprint density at radius 3 is 2.72 bits per heavy atom. The van der Waals surface area contributed by atoms with Gasteiger partial charge in [0.05, 0.1) is 17.9 Å². The van der Waals surface area contributed by atoms with Crippen LogP contribution in [0.5, 0.6) is 0 Å². The number of rotatable bonds is 2. The lowest BCUT2D eigenvalue weighted by Gasteiger charge is -2.06. The van der Waals surface area contributed by atoms with Gasteiger partial charge in [-0.1, -0.05) is 26.0 Å². The van der Waals surface area contributed by atoms with Crippen molar-refractivity contribution in [1.29, 1.82) is 0 Å². The maximum absolute atomic E-state index is 11.8. The number of hydrogen-bond acceptors (Lipinski definition) is 5. The van der Waals surface area contributed by atoms with Gasteiger partial charge in [0.1, 0.15) is 0 Å². The zero-order valence-corrected chi connectivity index (χ0v) is 10.2. The summed E-state index contributed by atoms with van der Waals surface area (Å²) in [4.78, 5) is 27.1. The second kappa shape index (κ2) is 5.00. The molecule has 5 nitrogen and oxygen atoms in total. The SMILES string of the molecule is CC(C)COC(=O)OC1=Nc2ccccc2C1=O. The third-order valence-corrected chi connectivity index (χ3v) is 2.28. The van der Waals surface area contributed by atoms with Crippen LogP contribution in [-0.4, -0.2) is 24.4 Å². The lowest BCUT2D eigenvalue weighted by atomic mass is 10.1. The van der Waals surface area contributed by atoms with E-state index >= 15 is 0 Å². The molecule has 0 saturated heterocycles. The number of ether oxygens (including phenoxy) is 2. The number of para-hydroxylation sites is 1. The second-order valence-electron chi connectivity index (χ2n) is 4.32. The number of benzene rings is 1. The average Bonchev–Trinajstić information content (AvgIpc) is 2.65. The maximum Gasteiger partial charge on any atom is 0.515 e. The van der Waals surface area contributed by atoms with Crippen molar-refractivity contribution in [2.45, 2.75) is 13.8 Å². The van der Waals surface area contributed by atoms with E-state index < -0.39 is 11.9 Å². The normalized spacial score (nSPS) is 13.3. The van der Waals surface area contributed by atoms with Crippen molar-refractivity contribution >= 4 is 23.5 Å². The Hall–Kier alpha value is -2.17. The van der Waals surface area contributed by atoms with Gasteiger partial charge < -0.3 is 9.47 Å². The van der Waals surface area contributed by atoms with Gasteiger partial charge >= 0.3 is 6.16 Å². The van der Waals surface area contributed by atoms with E-state index in [-0.39, 0.29) is 18.4 Å². The summed E-state index contributed by atoms with van der Waals surface area (Å²) in [5.41, 5.74) is 0.943. The highest BCUT2D eigenvalue weighted by atomic mass is 16.7. The molecule has 0 unspecified atom stereocenters. The van der Waals surface area contributed by atoms with Crippen molar-refractivity contribution in [1.82, 2.24) is 0 Å². The Morgan fingerprint density at radius 2 is 2.06 bits per heavy atom. The zero-order chi connectivity index (χ0) is 13.1. The molecule has 0 bridgehead atoms. The van der Waals surface area contributed by atoms with Gasteiger partial charge in [-0.05, 0) is 18.1 Å². The third-order valence-electron chi connectivity index (χ3n) is 2.28. The van der Waals surface area contributed by atoms with Crippen molar-refractivity contribution in [3.8, 4) is 0 Å². The number of Topliss-reactive ketones (excluding diaryl/α,β-unsaturated/α-hetero) is 1. The van der Waals surface area contributed by atoms with Gasteiger partial charge in [-0.15, -0.1) is 0 Å². The average molecular weight is 247 g/mol. The van der Waals surface area contributed by atoms with Crippen molar-refractivity contribution in [2.75, 3.05) is 6.61 Å². The van der Waals surface area contributed by atoms with Crippen molar-refractivity contribution < 1.29 is 19.1 Å². The number of carbonyl (C=O) groups is 2. The molecule has 0 amide bonds. The predicted octanol–water partition coefficient (Wildman–Crippen LogP) is 2.72. The van der Waals surface area contributed by atoms with Gasteiger partial charge in [0, 0.05) is 0 Å². The number of hydrogen-bond donors (Lipinski definition) is 0. The summed E-state index contributed by atoms with van der Waals surface area (Å²) in [6.45, 7) is 4.05. The Bertz CT molecular complexity index is 519. The standard InChI is InChI=1S/C13H13NO4/c1-8(2)7-17-13(16)18-12-11(15)9-5-3-4-6-10(9)14-12/h3-6,8H,7H2,1-2H3. The minimum Gasteiger partial charge on any atom is -0.434 e. The van der Waals surface area contributed by atoms with E-state index in [9.17, 15) is 9.59 Å². The molecule has 0 fully saturated rings. The first-order chi connectivity index (χ1) is 8.58. The molecular formula is C13H13NO4. The van der Waals surface area contributed by atoms with E-state index in [1.54, 1.807) is 24.3 Å². The summed E-state index contributed by atoms with van der Waals surface area (Å²) in [6, 6.07) is 6.81. The summed E-state index contributed by atoms with van der Waals surface area (Å²) in [5.74, 6) is -0.423. The molecule has 0 spiro atoms. The molecule has 0 aromatic heterocycles. The first-order valence-electron chi connectivity index (χ1n) is 5.65. The summed E-state index contributed by atoms with van der Waals surface area (Å²) in [6.07, 6.45) is -0.899. The minimum atomic E-state index is -0.899. The smallest absolute Gasteiger partial charge is 0.434 e. The minimum absolute atomic E-state index is 0.205. The molecule has 0 aliphatic carbocycles. The maximum atomic E-state index is 11.8. The topological polar surface area (TPSA) is 65.0 Å². The fourth-order valence-corrected chi connectivity index (χ4v) is 1.45. The van der Waals surface area contributed by atoms with Gasteiger partial charge in [0.25, 0.3) is 5.90 Å². The summed E-state index contributed by atoms with van der Waals surface area (Å²) < 4.78 is 9.61. The number of carbonyl (C=O) groups excluding carboxylic acids is 2.